The molecule has 0 radical (unpaired) electrons. The zero-order chi connectivity index (χ0) is 14.3. The van der Waals surface area contributed by atoms with Crippen LogP contribution in [0, 0.1) is 17.5 Å². The summed E-state index contributed by atoms with van der Waals surface area (Å²) in [5.74, 6) is -5.28. The van der Waals surface area contributed by atoms with Crippen LogP contribution >= 0.6 is 0 Å². The molecule has 3 nitrogen and oxygen atoms in total. The van der Waals surface area contributed by atoms with E-state index in [9.17, 15) is 26.4 Å². The Bertz CT molecular complexity index is 606. The van der Waals surface area contributed by atoms with Gasteiger partial charge in [-0.2, -0.15) is 0 Å². The third-order valence-corrected chi connectivity index (χ3v) is 4.77. The topological polar surface area (TPSA) is 51.2 Å². The van der Waals surface area contributed by atoms with Crippen molar-refractivity contribution >= 4 is 15.6 Å². The van der Waals surface area contributed by atoms with Crippen LogP contribution < -0.4 is 0 Å². The first-order valence-corrected chi connectivity index (χ1v) is 6.76. The fourth-order valence-corrected chi connectivity index (χ4v) is 1.64. The molecule has 0 saturated heterocycles. The Morgan fingerprint density at radius 1 is 1.06 bits per heavy atom. The van der Waals surface area contributed by atoms with Gasteiger partial charge in [-0.25, -0.2) is 21.6 Å². The molecule has 0 spiro atoms. The van der Waals surface area contributed by atoms with Crippen LogP contribution in [0.3, 0.4) is 0 Å². The van der Waals surface area contributed by atoms with Gasteiger partial charge in [-0.1, -0.05) is 0 Å². The first-order valence-electron chi connectivity index (χ1n) is 4.87. The van der Waals surface area contributed by atoms with E-state index in [1.807, 2.05) is 0 Å². The molecule has 0 atom stereocenters. The third-order valence-electron chi connectivity index (χ3n) is 2.73. The standard InChI is InChI=1S/C11H11F3O3S/c1-11(2,18(3,16)17)10(15)6-4-8(13)9(14)5-7(6)12/h4-5H,1-3H3. The van der Waals surface area contributed by atoms with Gasteiger partial charge in [-0.3, -0.25) is 4.79 Å². The maximum absolute atomic E-state index is 13.4. The Hall–Kier alpha value is -1.37. The second-order valence-electron chi connectivity index (χ2n) is 4.36. The number of Topliss-reactive ketones (excluding diaryl/α,β-unsaturated/α-hetero) is 1. The lowest BCUT2D eigenvalue weighted by molar-refractivity contribution is 0.0949. The summed E-state index contributed by atoms with van der Waals surface area (Å²) < 4.78 is 60.0. The maximum Gasteiger partial charge on any atom is 0.186 e. The van der Waals surface area contributed by atoms with Crippen LogP contribution in [0.5, 0.6) is 0 Å². The van der Waals surface area contributed by atoms with E-state index in [2.05, 4.69) is 0 Å². The van der Waals surface area contributed by atoms with Gasteiger partial charge in [0.2, 0.25) is 0 Å². The van der Waals surface area contributed by atoms with Crippen molar-refractivity contribution in [3.05, 3.63) is 35.1 Å². The normalized spacial score (nSPS) is 12.6. The molecule has 0 saturated carbocycles. The highest BCUT2D eigenvalue weighted by Crippen LogP contribution is 2.24. The molecule has 0 aromatic heterocycles. The van der Waals surface area contributed by atoms with E-state index >= 15 is 0 Å². The van der Waals surface area contributed by atoms with Gasteiger partial charge in [0, 0.05) is 12.3 Å². The van der Waals surface area contributed by atoms with E-state index < -0.39 is 43.4 Å². The van der Waals surface area contributed by atoms with Gasteiger partial charge in [-0.15, -0.1) is 0 Å². The van der Waals surface area contributed by atoms with Crippen molar-refractivity contribution in [1.29, 1.82) is 0 Å². The molecule has 0 N–H and O–H groups in total. The molecule has 1 aromatic rings. The van der Waals surface area contributed by atoms with Crippen molar-refractivity contribution < 1.29 is 26.4 Å². The van der Waals surface area contributed by atoms with E-state index in [0.717, 1.165) is 20.1 Å². The molecule has 0 aliphatic heterocycles. The summed E-state index contributed by atoms with van der Waals surface area (Å²) in [6.07, 6.45) is 0.808. The van der Waals surface area contributed by atoms with Crippen LogP contribution in [-0.2, 0) is 9.84 Å². The first-order chi connectivity index (χ1) is 7.98. The van der Waals surface area contributed by atoms with Crippen LogP contribution in [0.4, 0.5) is 13.2 Å². The number of sulfone groups is 1. The third kappa shape index (κ3) is 2.40. The predicted molar refractivity (Wildman–Crippen MR) is 59.6 cm³/mol. The van der Waals surface area contributed by atoms with Crippen LogP contribution in [0.2, 0.25) is 0 Å². The van der Waals surface area contributed by atoms with Crippen LogP contribution in [-0.4, -0.2) is 25.2 Å². The Morgan fingerprint density at radius 2 is 1.50 bits per heavy atom. The number of carbonyl (C=O) groups is 1. The van der Waals surface area contributed by atoms with Crippen molar-refractivity contribution in [1.82, 2.24) is 0 Å². The van der Waals surface area contributed by atoms with E-state index in [4.69, 9.17) is 0 Å². The molecule has 1 rings (SSSR count). The number of hydrogen-bond acceptors (Lipinski definition) is 3. The molecule has 0 aliphatic rings. The van der Waals surface area contributed by atoms with E-state index in [1.165, 1.54) is 0 Å². The molecule has 0 bridgehead atoms. The van der Waals surface area contributed by atoms with Gasteiger partial charge in [-0.05, 0) is 19.9 Å². The van der Waals surface area contributed by atoms with Crippen molar-refractivity contribution in [3.8, 4) is 0 Å². The molecule has 7 heteroatoms. The van der Waals surface area contributed by atoms with Crippen LogP contribution in [0.15, 0.2) is 12.1 Å². The highest BCUT2D eigenvalue weighted by molar-refractivity contribution is 7.92. The van der Waals surface area contributed by atoms with Gasteiger partial charge in [0.1, 0.15) is 10.6 Å². The Labute approximate surface area is 103 Å². The summed E-state index contributed by atoms with van der Waals surface area (Å²) in [6, 6.07) is 0.570. The zero-order valence-electron chi connectivity index (χ0n) is 9.92. The van der Waals surface area contributed by atoms with E-state index in [1.54, 1.807) is 0 Å². The highest BCUT2D eigenvalue weighted by Gasteiger charge is 2.40. The molecule has 0 amide bonds. The van der Waals surface area contributed by atoms with Gasteiger partial charge in [0.05, 0.1) is 5.56 Å². The predicted octanol–water partition coefficient (Wildman–Crippen LogP) is 2.11. The summed E-state index contributed by atoms with van der Waals surface area (Å²) in [5, 5.41) is 0. The minimum Gasteiger partial charge on any atom is -0.292 e. The van der Waals surface area contributed by atoms with E-state index in [0.29, 0.717) is 6.07 Å². The molecule has 0 fully saturated rings. The summed E-state index contributed by atoms with van der Waals surface area (Å²) in [7, 11) is -3.82. The quantitative estimate of drug-likeness (QED) is 0.629. The maximum atomic E-state index is 13.4. The number of ketones is 1. The lowest BCUT2D eigenvalue weighted by Crippen LogP contribution is -2.40. The number of hydrogen-bond donors (Lipinski definition) is 0. The fourth-order valence-electron chi connectivity index (χ4n) is 1.19. The molecule has 0 heterocycles. The average molecular weight is 280 g/mol. The summed E-state index contributed by atoms with van der Waals surface area (Å²) in [4.78, 5) is 11.9. The van der Waals surface area contributed by atoms with Crippen molar-refractivity contribution in [2.45, 2.75) is 18.6 Å². The number of rotatable bonds is 3. The Kier molecular flexibility index (Phi) is 3.58. The lowest BCUT2D eigenvalue weighted by Gasteiger charge is -2.21. The smallest absolute Gasteiger partial charge is 0.186 e. The zero-order valence-corrected chi connectivity index (χ0v) is 10.7. The summed E-state index contributed by atoms with van der Waals surface area (Å²) >= 11 is 0. The van der Waals surface area contributed by atoms with Crippen molar-refractivity contribution in [3.63, 3.8) is 0 Å². The molecule has 18 heavy (non-hydrogen) atoms. The molecular weight excluding hydrogens is 269 g/mol. The van der Waals surface area contributed by atoms with Gasteiger partial charge in [0.25, 0.3) is 0 Å². The fraction of sp³-hybridized carbons (Fsp3) is 0.364. The SMILES string of the molecule is CC(C)(C(=O)c1cc(F)c(F)cc1F)S(C)(=O)=O. The molecule has 0 unspecified atom stereocenters. The van der Waals surface area contributed by atoms with E-state index in [-0.39, 0.29) is 6.07 Å². The second kappa shape index (κ2) is 4.38. The highest BCUT2D eigenvalue weighted by atomic mass is 32.2. The van der Waals surface area contributed by atoms with Crippen molar-refractivity contribution in [2.75, 3.05) is 6.26 Å². The second-order valence-corrected chi connectivity index (χ2v) is 6.92. The Balaban J connectivity index is 3.42. The van der Waals surface area contributed by atoms with Gasteiger partial charge in [0.15, 0.2) is 27.3 Å². The minimum absolute atomic E-state index is 0.209. The summed E-state index contributed by atoms with van der Waals surface area (Å²) in [6.45, 7) is 2.15. The average Bonchev–Trinajstić information content (AvgIpc) is 2.20. The summed E-state index contributed by atoms with van der Waals surface area (Å²) in [5.41, 5.74) is -0.788. The number of benzene rings is 1. The van der Waals surface area contributed by atoms with Crippen LogP contribution in [0.1, 0.15) is 24.2 Å². The molecular formula is C11H11F3O3S. The molecule has 0 aliphatic carbocycles. The molecule has 1 aromatic carbocycles. The Morgan fingerprint density at radius 3 is 1.94 bits per heavy atom. The number of carbonyl (C=O) groups excluding carboxylic acids is 1. The van der Waals surface area contributed by atoms with Crippen LogP contribution in [0.25, 0.3) is 0 Å². The largest absolute Gasteiger partial charge is 0.292 e. The monoisotopic (exact) mass is 280 g/mol. The van der Waals surface area contributed by atoms with Gasteiger partial charge < -0.3 is 0 Å². The number of halogens is 3. The minimum atomic E-state index is -3.82. The first kappa shape index (κ1) is 14.7. The van der Waals surface area contributed by atoms with Crippen molar-refractivity contribution in [2.24, 2.45) is 0 Å². The molecule has 100 valence electrons. The lowest BCUT2D eigenvalue weighted by atomic mass is 9.99. The van der Waals surface area contributed by atoms with Gasteiger partial charge >= 0.3 is 0 Å².